The van der Waals surface area contributed by atoms with E-state index >= 15 is 0 Å². The smallest absolute Gasteiger partial charge is 0.0184 e. The minimum Gasteiger partial charge on any atom is -0.326 e. The normalized spacial score (nSPS) is 10.4. The van der Waals surface area contributed by atoms with Gasteiger partial charge in [0, 0.05) is 6.54 Å². The summed E-state index contributed by atoms with van der Waals surface area (Å²) in [4.78, 5) is 0. The summed E-state index contributed by atoms with van der Waals surface area (Å²) in [5.74, 6) is 0. The van der Waals surface area contributed by atoms with E-state index in [0.717, 1.165) is 0 Å². The molecular weight excluding hydrogens is 190 g/mol. The van der Waals surface area contributed by atoms with Crippen LogP contribution in [0.1, 0.15) is 11.1 Å². The molecule has 0 spiro atoms. The zero-order valence-electron chi connectivity index (χ0n) is 8.16. The molecule has 0 unspecified atom stereocenters. The van der Waals surface area contributed by atoms with Gasteiger partial charge >= 0.3 is 0 Å². The lowest BCUT2D eigenvalue weighted by molar-refractivity contribution is 1.07. The Balaban J connectivity index is 2.53. The summed E-state index contributed by atoms with van der Waals surface area (Å²) >= 11 is 1.72. The molecule has 0 fully saturated rings. The van der Waals surface area contributed by atoms with Crippen LogP contribution in [0.4, 0.5) is 0 Å². The maximum atomic E-state index is 5.73. The first-order valence-corrected chi connectivity index (χ1v) is 5.57. The zero-order chi connectivity index (χ0) is 9.97. The fourth-order valence-corrected chi connectivity index (χ4v) is 2.25. The lowest BCUT2D eigenvalue weighted by Crippen LogP contribution is -1.99. The molecule has 1 heterocycles. The summed E-state index contributed by atoms with van der Waals surface area (Å²) in [6.07, 6.45) is 0. The molecule has 0 bridgehead atoms. The Kier molecular flexibility index (Phi) is 2.66. The van der Waals surface area contributed by atoms with Crippen LogP contribution in [0.3, 0.4) is 0 Å². The van der Waals surface area contributed by atoms with E-state index in [1.807, 2.05) is 0 Å². The molecule has 1 nitrogen and oxygen atoms in total. The van der Waals surface area contributed by atoms with Crippen molar-refractivity contribution in [1.82, 2.24) is 0 Å². The minimum absolute atomic E-state index is 0.604. The van der Waals surface area contributed by atoms with Crippen molar-refractivity contribution in [2.45, 2.75) is 13.5 Å². The van der Waals surface area contributed by atoms with Crippen LogP contribution in [0.2, 0.25) is 0 Å². The van der Waals surface area contributed by atoms with Gasteiger partial charge in [0.05, 0.1) is 0 Å². The predicted molar refractivity (Wildman–Crippen MR) is 62.4 cm³/mol. The lowest BCUT2D eigenvalue weighted by atomic mass is 10.0. The number of benzene rings is 1. The quantitative estimate of drug-likeness (QED) is 0.797. The van der Waals surface area contributed by atoms with Gasteiger partial charge in [0.15, 0.2) is 0 Å². The van der Waals surface area contributed by atoms with Crippen molar-refractivity contribution >= 4 is 11.3 Å². The number of aryl methyl sites for hydroxylation is 1. The van der Waals surface area contributed by atoms with Gasteiger partial charge in [0.25, 0.3) is 0 Å². The largest absolute Gasteiger partial charge is 0.326 e. The number of thiophene rings is 1. The monoisotopic (exact) mass is 203 g/mol. The van der Waals surface area contributed by atoms with Crippen molar-refractivity contribution < 1.29 is 0 Å². The number of hydrogen-bond acceptors (Lipinski definition) is 2. The average Bonchev–Trinajstić information content (AvgIpc) is 2.70. The molecule has 2 N–H and O–H groups in total. The predicted octanol–water partition coefficient (Wildman–Crippen LogP) is 3.18. The highest BCUT2D eigenvalue weighted by atomic mass is 32.1. The molecule has 1 aromatic heterocycles. The Hall–Kier alpha value is -1.12. The Morgan fingerprint density at radius 1 is 1.29 bits per heavy atom. The maximum absolute atomic E-state index is 5.73. The molecule has 0 saturated carbocycles. The zero-order valence-corrected chi connectivity index (χ0v) is 8.97. The van der Waals surface area contributed by atoms with E-state index in [1.165, 1.54) is 22.3 Å². The molecule has 0 aliphatic heterocycles. The van der Waals surface area contributed by atoms with E-state index in [9.17, 15) is 0 Å². The van der Waals surface area contributed by atoms with Crippen LogP contribution in [0.5, 0.6) is 0 Å². The minimum atomic E-state index is 0.604. The Morgan fingerprint density at radius 3 is 2.79 bits per heavy atom. The number of rotatable bonds is 2. The van der Waals surface area contributed by atoms with Gasteiger partial charge in [-0.3, -0.25) is 0 Å². The Bertz CT molecular complexity index is 418. The van der Waals surface area contributed by atoms with E-state index < -0.39 is 0 Å². The molecule has 2 aromatic rings. The fraction of sp³-hybridized carbons (Fsp3) is 0.167. The van der Waals surface area contributed by atoms with Crippen molar-refractivity contribution in [2.24, 2.45) is 5.73 Å². The third kappa shape index (κ3) is 1.72. The third-order valence-corrected chi connectivity index (χ3v) is 3.00. The van der Waals surface area contributed by atoms with Gasteiger partial charge in [0.1, 0.15) is 0 Å². The molecule has 0 atom stereocenters. The highest BCUT2D eigenvalue weighted by Crippen LogP contribution is 2.26. The summed E-state index contributed by atoms with van der Waals surface area (Å²) in [5, 5.41) is 4.25. The molecule has 0 aliphatic carbocycles. The second-order valence-corrected chi connectivity index (χ2v) is 4.16. The summed E-state index contributed by atoms with van der Waals surface area (Å²) in [6, 6.07) is 8.58. The highest BCUT2D eigenvalue weighted by molar-refractivity contribution is 7.08. The molecule has 2 heteroatoms. The number of hydrogen-bond donors (Lipinski definition) is 1. The molecule has 14 heavy (non-hydrogen) atoms. The number of nitrogens with two attached hydrogens (primary N) is 1. The lowest BCUT2D eigenvalue weighted by Gasteiger charge is -2.06. The van der Waals surface area contributed by atoms with Gasteiger partial charge in [-0.1, -0.05) is 23.8 Å². The SMILES string of the molecule is Cc1ccc(-c2ccsc2)c(CN)c1. The van der Waals surface area contributed by atoms with E-state index in [4.69, 9.17) is 5.73 Å². The van der Waals surface area contributed by atoms with Crippen LogP contribution in [0.15, 0.2) is 35.0 Å². The maximum Gasteiger partial charge on any atom is 0.0184 e. The summed E-state index contributed by atoms with van der Waals surface area (Å²) in [7, 11) is 0. The van der Waals surface area contributed by atoms with Crippen LogP contribution in [0, 0.1) is 6.92 Å². The van der Waals surface area contributed by atoms with E-state index in [-0.39, 0.29) is 0 Å². The van der Waals surface area contributed by atoms with Crippen molar-refractivity contribution in [3.05, 3.63) is 46.2 Å². The van der Waals surface area contributed by atoms with E-state index in [2.05, 4.69) is 41.9 Å². The molecule has 0 aliphatic rings. The van der Waals surface area contributed by atoms with E-state index in [0.29, 0.717) is 6.54 Å². The average molecular weight is 203 g/mol. The summed E-state index contributed by atoms with van der Waals surface area (Å²) in [5.41, 5.74) is 10.8. The second-order valence-electron chi connectivity index (χ2n) is 3.38. The van der Waals surface area contributed by atoms with E-state index in [1.54, 1.807) is 11.3 Å². The molecule has 0 saturated heterocycles. The molecular formula is C12H13NS. The van der Waals surface area contributed by atoms with Crippen LogP contribution < -0.4 is 5.73 Å². The highest BCUT2D eigenvalue weighted by Gasteiger charge is 2.03. The Morgan fingerprint density at radius 2 is 2.14 bits per heavy atom. The van der Waals surface area contributed by atoms with Gasteiger partial charge in [-0.15, -0.1) is 0 Å². The van der Waals surface area contributed by atoms with Crippen LogP contribution in [-0.4, -0.2) is 0 Å². The second kappa shape index (κ2) is 3.95. The van der Waals surface area contributed by atoms with Gasteiger partial charge in [-0.05, 0) is 40.4 Å². The van der Waals surface area contributed by atoms with Crippen LogP contribution >= 0.6 is 11.3 Å². The standard InChI is InChI=1S/C12H13NS/c1-9-2-3-12(11(6-9)7-13)10-4-5-14-8-10/h2-6,8H,7,13H2,1H3. The van der Waals surface area contributed by atoms with Crippen molar-refractivity contribution in [2.75, 3.05) is 0 Å². The first-order chi connectivity index (χ1) is 6.81. The van der Waals surface area contributed by atoms with Crippen molar-refractivity contribution in [1.29, 1.82) is 0 Å². The first-order valence-electron chi connectivity index (χ1n) is 4.63. The summed E-state index contributed by atoms with van der Waals surface area (Å²) < 4.78 is 0. The van der Waals surface area contributed by atoms with Crippen LogP contribution in [0.25, 0.3) is 11.1 Å². The molecule has 0 amide bonds. The Labute approximate surface area is 88.2 Å². The third-order valence-electron chi connectivity index (χ3n) is 2.31. The molecule has 72 valence electrons. The topological polar surface area (TPSA) is 26.0 Å². The van der Waals surface area contributed by atoms with Gasteiger partial charge in [-0.25, -0.2) is 0 Å². The van der Waals surface area contributed by atoms with Crippen molar-refractivity contribution in [3.8, 4) is 11.1 Å². The van der Waals surface area contributed by atoms with Crippen LogP contribution in [-0.2, 0) is 6.54 Å². The molecule has 2 rings (SSSR count). The van der Waals surface area contributed by atoms with Gasteiger partial charge < -0.3 is 5.73 Å². The van der Waals surface area contributed by atoms with Gasteiger partial charge in [-0.2, -0.15) is 11.3 Å². The first kappa shape index (κ1) is 9.44. The molecule has 1 aromatic carbocycles. The fourth-order valence-electron chi connectivity index (χ4n) is 1.59. The van der Waals surface area contributed by atoms with Crippen molar-refractivity contribution in [3.63, 3.8) is 0 Å². The summed E-state index contributed by atoms with van der Waals surface area (Å²) in [6.45, 7) is 2.70. The molecule has 0 radical (unpaired) electrons. The van der Waals surface area contributed by atoms with Gasteiger partial charge in [0.2, 0.25) is 0 Å².